The van der Waals surface area contributed by atoms with Crippen molar-refractivity contribution in [2.24, 2.45) is 0 Å². The average Bonchev–Trinajstić information content (AvgIpc) is 2.16. The standard InChI is InChI=1S/C10H8ClNO2/c1-6(5-12)9-4-7(11)2-3-8(9)10(13)14/h2-4,6H,1H3,(H,13,14). The van der Waals surface area contributed by atoms with E-state index in [-0.39, 0.29) is 5.56 Å². The molecule has 0 amide bonds. The van der Waals surface area contributed by atoms with Crippen LogP contribution in [0.2, 0.25) is 5.02 Å². The number of carbonyl (C=O) groups is 1. The lowest BCUT2D eigenvalue weighted by atomic mass is 9.97. The fourth-order valence-electron chi connectivity index (χ4n) is 1.16. The number of aromatic carboxylic acids is 1. The maximum atomic E-state index is 10.8. The lowest BCUT2D eigenvalue weighted by molar-refractivity contribution is 0.0695. The van der Waals surface area contributed by atoms with E-state index in [9.17, 15) is 4.79 Å². The van der Waals surface area contributed by atoms with Crippen molar-refractivity contribution in [2.75, 3.05) is 0 Å². The third-order valence-electron chi connectivity index (χ3n) is 1.90. The SMILES string of the molecule is CC(C#N)c1cc(Cl)ccc1C(=O)O. The van der Waals surface area contributed by atoms with Crippen LogP contribution in [0.1, 0.15) is 28.8 Å². The monoisotopic (exact) mass is 209 g/mol. The van der Waals surface area contributed by atoms with E-state index in [0.29, 0.717) is 10.6 Å². The molecule has 0 aliphatic rings. The van der Waals surface area contributed by atoms with Crippen LogP contribution < -0.4 is 0 Å². The first kappa shape index (κ1) is 10.6. The van der Waals surface area contributed by atoms with Crippen LogP contribution >= 0.6 is 11.6 Å². The summed E-state index contributed by atoms with van der Waals surface area (Å²) in [6, 6.07) is 6.40. The van der Waals surface area contributed by atoms with Gasteiger partial charge < -0.3 is 5.11 Å². The highest BCUT2D eigenvalue weighted by atomic mass is 35.5. The first-order valence-corrected chi connectivity index (χ1v) is 4.36. The van der Waals surface area contributed by atoms with E-state index >= 15 is 0 Å². The normalized spacial score (nSPS) is 11.8. The highest BCUT2D eigenvalue weighted by Crippen LogP contribution is 2.23. The average molecular weight is 210 g/mol. The molecular weight excluding hydrogens is 202 g/mol. The van der Waals surface area contributed by atoms with Crippen molar-refractivity contribution in [3.63, 3.8) is 0 Å². The molecule has 0 radical (unpaired) electrons. The summed E-state index contributed by atoms with van der Waals surface area (Å²) in [6.45, 7) is 1.64. The van der Waals surface area contributed by atoms with Gasteiger partial charge in [0.2, 0.25) is 0 Å². The minimum atomic E-state index is -1.04. The van der Waals surface area contributed by atoms with Crippen molar-refractivity contribution in [3.8, 4) is 6.07 Å². The van der Waals surface area contributed by atoms with Gasteiger partial charge in [0.15, 0.2) is 0 Å². The van der Waals surface area contributed by atoms with Gasteiger partial charge in [-0.3, -0.25) is 0 Å². The summed E-state index contributed by atoms with van der Waals surface area (Å²) >= 11 is 5.72. The maximum absolute atomic E-state index is 10.8. The van der Waals surface area contributed by atoms with Gasteiger partial charge in [0, 0.05) is 5.02 Å². The number of hydrogen-bond donors (Lipinski definition) is 1. The second-order valence-corrected chi connectivity index (χ2v) is 3.32. The maximum Gasteiger partial charge on any atom is 0.336 e. The first-order valence-electron chi connectivity index (χ1n) is 3.98. The molecule has 1 aromatic rings. The lowest BCUT2D eigenvalue weighted by Crippen LogP contribution is -2.04. The summed E-state index contributed by atoms with van der Waals surface area (Å²) in [7, 11) is 0. The number of nitriles is 1. The van der Waals surface area contributed by atoms with Gasteiger partial charge >= 0.3 is 5.97 Å². The Morgan fingerprint density at radius 1 is 1.64 bits per heavy atom. The number of benzene rings is 1. The molecule has 1 unspecified atom stereocenters. The Hall–Kier alpha value is -1.53. The van der Waals surface area contributed by atoms with Crippen molar-refractivity contribution in [1.29, 1.82) is 5.26 Å². The molecular formula is C10H8ClNO2. The van der Waals surface area contributed by atoms with Gasteiger partial charge in [-0.25, -0.2) is 4.79 Å². The molecule has 1 aromatic carbocycles. The van der Waals surface area contributed by atoms with Gasteiger partial charge in [0.25, 0.3) is 0 Å². The second kappa shape index (κ2) is 4.12. The Bertz CT molecular complexity index is 409. The van der Waals surface area contributed by atoms with Crippen LogP contribution in [-0.2, 0) is 0 Å². The Labute approximate surface area is 86.5 Å². The van der Waals surface area contributed by atoms with Gasteiger partial charge in [-0.1, -0.05) is 11.6 Å². The molecule has 0 bridgehead atoms. The van der Waals surface area contributed by atoms with Crippen molar-refractivity contribution >= 4 is 17.6 Å². The van der Waals surface area contributed by atoms with Crippen molar-refractivity contribution in [3.05, 3.63) is 34.3 Å². The Morgan fingerprint density at radius 2 is 2.29 bits per heavy atom. The lowest BCUT2D eigenvalue weighted by Gasteiger charge is -2.07. The summed E-state index contributed by atoms with van der Waals surface area (Å²) in [6.07, 6.45) is 0. The summed E-state index contributed by atoms with van der Waals surface area (Å²) in [4.78, 5) is 10.8. The zero-order chi connectivity index (χ0) is 10.7. The van der Waals surface area contributed by atoms with Gasteiger partial charge in [-0.2, -0.15) is 5.26 Å². The molecule has 1 rings (SSSR count). The predicted octanol–water partition coefficient (Wildman–Crippen LogP) is 2.67. The number of carboxylic acid groups (broad SMARTS) is 1. The van der Waals surface area contributed by atoms with E-state index in [0.717, 1.165) is 0 Å². The van der Waals surface area contributed by atoms with E-state index in [1.165, 1.54) is 18.2 Å². The minimum absolute atomic E-state index is 0.128. The van der Waals surface area contributed by atoms with Crippen molar-refractivity contribution in [2.45, 2.75) is 12.8 Å². The van der Waals surface area contributed by atoms with E-state index in [2.05, 4.69) is 0 Å². The van der Waals surface area contributed by atoms with Gasteiger partial charge in [0.1, 0.15) is 0 Å². The number of halogens is 1. The van der Waals surface area contributed by atoms with E-state index < -0.39 is 11.9 Å². The van der Waals surface area contributed by atoms with Crippen LogP contribution in [0.4, 0.5) is 0 Å². The Morgan fingerprint density at radius 3 is 2.79 bits per heavy atom. The van der Waals surface area contributed by atoms with Crippen LogP contribution in [0.15, 0.2) is 18.2 Å². The second-order valence-electron chi connectivity index (χ2n) is 2.89. The molecule has 0 aliphatic heterocycles. The number of nitrogens with zero attached hydrogens (tertiary/aromatic N) is 1. The van der Waals surface area contributed by atoms with E-state index in [1.807, 2.05) is 6.07 Å². The highest BCUT2D eigenvalue weighted by Gasteiger charge is 2.15. The number of carboxylic acids is 1. The molecule has 0 saturated heterocycles. The fraction of sp³-hybridized carbons (Fsp3) is 0.200. The molecule has 4 heteroatoms. The third kappa shape index (κ3) is 2.04. The fourth-order valence-corrected chi connectivity index (χ4v) is 1.34. The summed E-state index contributed by atoms with van der Waals surface area (Å²) in [5, 5.41) is 18.0. The highest BCUT2D eigenvalue weighted by molar-refractivity contribution is 6.30. The largest absolute Gasteiger partial charge is 0.478 e. The van der Waals surface area contributed by atoms with Crippen LogP contribution in [-0.4, -0.2) is 11.1 Å². The Balaban J connectivity index is 3.31. The Kier molecular flexibility index (Phi) is 3.10. The molecule has 72 valence electrons. The first-order chi connectivity index (χ1) is 6.56. The van der Waals surface area contributed by atoms with Crippen molar-refractivity contribution < 1.29 is 9.90 Å². The van der Waals surface area contributed by atoms with Crippen molar-refractivity contribution in [1.82, 2.24) is 0 Å². The van der Waals surface area contributed by atoms with Crippen LogP contribution in [0.5, 0.6) is 0 Å². The molecule has 14 heavy (non-hydrogen) atoms. The van der Waals surface area contributed by atoms with Gasteiger partial charge in [0.05, 0.1) is 17.6 Å². The summed E-state index contributed by atoms with van der Waals surface area (Å²) in [5.74, 6) is -1.52. The topological polar surface area (TPSA) is 61.1 Å². The molecule has 0 saturated carbocycles. The van der Waals surface area contributed by atoms with E-state index in [4.69, 9.17) is 22.0 Å². The quantitative estimate of drug-likeness (QED) is 0.815. The van der Waals surface area contributed by atoms with Crippen LogP contribution in [0, 0.1) is 11.3 Å². The molecule has 1 N–H and O–H groups in total. The molecule has 0 aromatic heterocycles. The summed E-state index contributed by atoms with van der Waals surface area (Å²) < 4.78 is 0. The van der Waals surface area contributed by atoms with Crippen LogP contribution in [0.25, 0.3) is 0 Å². The van der Waals surface area contributed by atoms with Gasteiger partial charge in [-0.15, -0.1) is 0 Å². The van der Waals surface area contributed by atoms with E-state index in [1.54, 1.807) is 6.92 Å². The predicted molar refractivity (Wildman–Crippen MR) is 52.4 cm³/mol. The zero-order valence-corrected chi connectivity index (χ0v) is 8.25. The molecule has 0 heterocycles. The number of rotatable bonds is 2. The zero-order valence-electron chi connectivity index (χ0n) is 7.49. The molecule has 0 fully saturated rings. The molecule has 0 spiro atoms. The molecule has 1 atom stereocenters. The molecule has 3 nitrogen and oxygen atoms in total. The van der Waals surface area contributed by atoms with Gasteiger partial charge in [-0.05, 0) is 30.7 Å². The smallest absolute Gasteiger partial charge is 0.336 e. The summed E-state index contributed by atoms with van der Waals surface area (Å²) in [5.41, 5.74) is 0.580. The minimum Gasteiger partial charge on any atom is -0.478 e. The van der Waals surface area contributed by atoms with Crippen LogP contribution in [0.3, 0.4) is 0 Å². The third-order valence-corrected chi connectivity index (χ3v) is 2.14. The number of hydrogen-bond acceptors (Lipinski definition) is 2. The molecule has 0 aliphatic carbocycles.